The van der Waals surface area contributed by atoms with Crippen LogP contribution in [0.2, 0.25) is 0 Å². The van der Waals surface area contributed by atoms with Crippen molar-refractivity contribution in [2.24, 2.45) is 5.10 Å². The molecule has 1 amide bonds. The maximum atomic E-state index is 11.8. The Hall–Kier alpha value is -2.27. The van der Waals surface area contributed by atoms with Crippen molar-refractivity contribution in [1.82, 2.24) is 5.43 Å². The number of carbonyl (C=O) groups is 1. The summed E-state index contributed by atoms with van der Waals surface area (Å²) in [6.07, 6.45) is 9.21. The van der Waals surface area contributed by atoms with Crippen LogP contribution in [0.4, 0.5) is 0 Å². The number of carbonyl (C=O) groups excluding carboxylic acids is 1. The fourth-order valence-corrected chi connectivity index (χ4v) is 3.55. The molecule has 0 saturated carbocycles. The third-order valence-corrected chi connectivity index (χ3v) is 5.40. The van der Waals surface area contributed by atoms with Crippen LogP contribution in [0.15, 0.2) is 59.7 Å². The van der Waals surface area contributed by atoms with E-state index in [0.29, 0.717) is 5.75 Å². The first-order valence-electron chi connectivity index (χ1n) is 10.4. The predicted molar refractivity (Wildman–Crippen MR) is 124 cm³/mol. The molecule has 0 aliphatic rings. The number of rotatable bonds is 14. The zero-order valence-electron chi connectivity index (χ0n) is 17.3. The van der Waals surface area contributed by atoms with E-state index in [1.807, 2.05) is 42.5 Å². The molecule has 5 heteroatoms. The molecule has 0 spiro atoms. The first kappa shape index (κ1) is 23.0. The van der Waals surface area contributed by atoms with Crippen LogP contribution in [0.5, 0.6) is 5.75 Å². The van der Waals surface area contributed by atoms with E-state index in [9.17, 15) is 4.79 Å². The van der Waals surface area contributed by atoms with Crippen LogP contribution < -0.4 is 10.2 Å². The first-order valence-corrected chi connectivity index (χ1v) is 11.6. The highest BCUT2D eigenvalue weighted by Gasteiger charge is 2.00. The molecule has 1 N–H and O–H groups in total. The van der Waals surface area contributed by atoms with Gasteiger partial charge in [-0.15, -0.1) is 11.8 Å². The Morgan fingerprint density at radius 2 is 1.72 bits per heavy atom. The lowest BCUT2D eigenvalue weighted by Crippen LogP contribution is -2.19. The molecule has 156 valence electrons. The zero-order valence-corrected chi connectivity index (χ0v) is 18.1. The fourth-order valence-electron chi connectivity index (χ4n) is 2.77. The SMILES string of the molecule is CCCCCCCCOc1ccc(C=NNC(=O)CSCc2ccccc2)cc1. The minimum atomic E-state index is -0.0962. The van der Waals surface area contributed by atoms with Crippen LogP contribution in [0.3, 0.4) is 0 Å². The first-order chi connectivity index (χ1) is 14.3. The molecule has 0 heterocycles. The van der Waals surface area contributed by atoms with E-state index in [1.165, 1.54) is 37.7 Å². The highest BCUT2D eigenvalue weighted by atomic mass is 32.2. The second kappa shape index (κ2) is 14.7. The summed E-state index contributed by atoms with van der Waals surface area (Å²) in [5.41, 5.74) is 4.71. The molecule has 0 unspecified atom stereocenters. The topological polar surface area (TPSA) is 50.7 Å². The van der Waals surface area contributed by atoms with E-state index in [1.54, 1.807) is 18.0 Å². The monoisotopic (exact) mass is 412 g/mol. The minimum Gasteiger partial charge on any atom is -0.494 e. The molecule has 0 saturated heterocycles. The van der Waals surface area contributed by atoms with Gasteiger partial charge < -0.3 is 4.74 Å². The van der Waals surface area contributed by atoms with Gasteiger partial charge in [0.2, 0.25) is 5.91 Å². The molecule has 0 fully saturated rings. The van der Waals surface area contributed by atoms with Crippen molar-refractivity contribution in [2.75, 3.05) is 12.4 Å². The van der Waals surface area contributed by atoms with Crippen molar-refractivity contribution in [3.05, 3.63) is 65.7 Å². The van der Waals surface area contributed by atoms with E-state index in [2.05, 4.69) is 29.6 Å². The number of hydrogen-bond acceptors (Lipinski definition) is 4. The van der Waals surface area contributed by atoms with Crippen molar-refractivity contribution in [1.29, 1.82) is 0 Å². The number of nitrogens with zero attached hydrogens (tertiary/aromatic N) is 1. The summed E-state index contributed by atoms with van der Waals surface area (Å²) in [5, 5.41) is 4.03. The second-order valence-corrected chi connectivity index (χ2v) is 7.94. The smallest absolute Gasteiger partial charge is 0.250 e. The molecule has 2 aromatic carbocycles. The van der Waals surface area contributed by atoms with Gasteiger partial charge in [0.05, 0.1) is 18.6 Å². The third-order valence-electron chi connectivity index (χ3n) is 4.39. The van der Waals surface area contributed by atoms with Gasteiger partial charge in [-0.3, -0.25) is 4.79 Å². The molecule has 0 aliphatic carbocycles. The molecule has 0 aliphatic heterocycles. The van der Waals surface area contributed by atoms with Gasteiger partial charge in [0.1, 0.15) is 5.75 Å². The Morgan fingerprint density at radius 3 is 2.48 bits per heavy atom. The molecular formula is C24H32N2O2S. The Bertz CT molecular complexity index is 717. The summed E-state index contributed by atoms with van der Waals surface area (Å²) in [5.74, 6) is 1.98. The van der Waals surface area contributed by atoms with Gasteiger partial charge in [0.15, 0.2) is 0 Å². The largest absolute Gasteiger partial charge is 0.494 e. The maximum absolute atomic E-state index is 11.8. The molecule has 0 radical (unpaired) electrons. The van der Waals surface area contributed by atoms with E-state index in [-0.39, 0.29) is 5.91 Å². The molecule has 0 atom stereocenters. The summed E-state index contributed by atoms with van der Waals surface area (Å²) in [6.45, 7) is 2.99. The van der Waals surface area contributed by atoms with Crippen molar-refractivity contribution < 1.29 is 9.53 Å². The highest BCUT2D eigenvalue weighted by molar-refractivity contribution is 7.99. The minimum absolute atomic E-state index is 0.0962. The van der Waals surface area contributed by atoms with Gasteiger partial charge >= 0.3 is 0 Å². The van der Waals surface area contributed by atoms with Crippen molar-refractivity contribution in [3.63, 3.8) is 0 Å². The summed E-state index contributed by atoms with van der Waals surface area (Å²) in [4.78, 5) is 11.8. The molecule has 0 aromatic heterocycles. The van der Waals surface area contributed by atoms with Crippen molar-refractivity contribution in [2.45, 2.75) is 51.2 Å². The third kappa shape index (κ3) is 10.7. The van der Waals surface area contributed by atoms with Crippen molar-refractivity contribution in [3.8, 4) is 5.75 Å². The van der Waals surface area contributed by atoms with Crippen LogP contribution >= 0.6 is 11.8 Å². The van der Waals surface area contributed by atoms with Gasteiger partial charge in [-0.25, -0.2) is 5.43 Å². The number of amides is 1. The number of nitrogens with one attached hydrogen (secondary N) is 1. The van der Waals surface area contributed by atoms with Crippen LogP contribution in [0.1, 0.15) is 56.6 Å². The Morgan fingerprint density at radius 1 is 1.00 bits per heavy atom. The summed E-state index contributed by atoms with van der Waals surface area (Å²) in [6, 6.07) is 17.9. The summed E-state index contributed by atoms with van der Waals surface area (Å²) < 4.78 is 5.77. The van der Waals surface area contributed by atoms with Crippen molar-refractivity contribution >= 4 is 23.9 Å². The predicted octanol–water partition coefficient (Wildman–Crippen LogP) is 5.81. The average Bonchev–Trinajstić information content (AvgIpc) is 2.75. The molecule has 4 nitrogen and oxygen atoms in total. The highest BCUT2D eigenvalue weighted by Crippen LogP contribution is 2.13. The Kier molecular flexibility index (Phi) is 11.7. The lowest BCUT2D eigenvalue weighted by atomic mass is 10.1. The zero-order chi connectivity index (χ0) is 20.6. The number of hydrazone groups is 1. The van der Waals surface area contributed by atoms with E-state index in [0.717, 1.165) is 30.1 Å². The number of hydrogen-bond donors (Lipinski definition) is 1. The van der Waals surface area contributed by atoms with Crippen LogP contribution in [-0.2, 0) is 10.5 Å². The summed E-state index contributed by atoms with van der Waals surface area (Å²) in [7, 11) is 0. The van der Waals surface area contributed by atoms with Crippen LogP contribution in [-0.4, -0.2) is 24.5 Å². The lowest BCUT2D eigenvalue weighted by molar-refractivity contribution is -0.118. The standard InChI is InChI=1S/C24H32N2O2S/c1-2-3-4-5-6-10-17-28-23-15-13-21(14-16-23)18-25-26-24(27)20-29-19-22-11-8-7-9-12-22/h7-9,11-16,18H,2-6,10,17,19-20H2,1H3,(H,26,27). The fraction of sp³-hybridized carbons (Fsp3) is 0.417. The molecule has 0 bridgehead atoms. The molecule has 29 heavy (non-hydrogen) atoms. The molecule has 2 aromatic rings. The van der Waals surface area contributed by atoms with Gasteiger partial charge in [0, 0.05) is 5.75 Å². The average molecular weight is 413 g/mol. The van der Waals surface area contributed by atoms with Gasteiger partial charge in [0.25, 0.3) is 0 Å². The maximum Gasteiger partial charge on any atom is 0.250 e. The number of benzene rings is 2. The van der Waals surface area contributed by atoms with E-state index in [4.69, 9.17) is 4.74 Å². The van der Waals surface area contributed by atoms with E-state index < -0.39 is 0 Å². The molecular weight excluding hydrogens is 380 g/mol. The second-order valence-electron chi connectivity index (χ2n) is 6.96. The van der Waals surface area contributed by atoms with E-state index >= 15 is 0 Å². The van der Waals surface area contributed by atoms with Crippen LogP contribution in [0.25, 0.3) is 0 Å². The number of unbranched alkanes of at least 4 members (excludes halogenated alkanes) is 5. The van der Waals surface area contributed by atoms with Gasteiger partial charge in [-0.2, -0.15) is 5.10 Å². The lowest BCUT2D eigenvalue weighted by Gasteiger charge is -2.06. The van der Waals surface area contributed by atoms with Crippen LogP contribution in [0, 0.1) is 0 Å². The molecule has 2 rings (SSSR count). The number of ether oxygens (including phenoxy) is 1. The Balaban J connectivity index is 1.58. The normalized spacial score (nSPS) is 10.9. The summed E-state index contributed by atoms with van der Waals surface area (Å²) >= 11 is 1.57. The Labute approximate surface area is 179 Å². The van der Waals surface area contributed by atoms with Gasteiger partial charge in [-0.1, -0.05) is 69.4 Å². The van der Waals surface area contributed by atoms with Gasteiger partial charge in [-0.05, 0) is 41.8 Å². The number of thioether (sulfide) groups is 1. The quantitative estimate of drug-likeness (QED) is 0.242.